The van der Waals surface area contributed by atoms with E-state index in [1.165, 1.54) is 17.7 Å². The molecular formula is C24H24FN3O2. The summed E-state index contributed by atoms with van der Waals surface area (Å²) in [7, 11) is 0. The third kappa shape index (κ3) is 3.47. The van der Waals surface area contributed by atoms with E-state index in [1.807, 2.05) is 23.1 Å². The van der Waals surface area contributed by atoms with Crippen LogP contribution in [0.2, 0.25) is 0 Å². The van der Waals surface area contributed by atoms with Gasteiger partial charge in [-0.25, -0.2) is 4.39 Å². The summed E-state index contributed by atoms with van der Waals surface area (Å²) >= 11 is 0. The molecule has 2 aliphatic heterocycles. The van der Waals surface area contributed by atoms with Gasteiger partial charge in [0, 0.05) is 23.4 Å². The molecule has 154 valence electrons. The number of rotatable bonds is 3. The van der Waals surface area contributed by atoms with Crippen LogP contribution in [0.1, 0.15) is 41.7 Å². The molecule has 3 heterocycles. The van der Waals surface area contributed by atoms with Crippen molar-refractivity contribution in [2.24, 2.45) is 0 Å². The van der Waals surface area contributed by atoms with Gasteiger partial charge in [-0.15, -0.1) is 0 Å². The Morgan fingerprint density at radius 3 is 2.80 bits per heavy atom. The zero-order chi connectivity index (χ0) is 20.7. The second kappa shape index (κ2) is 7.59. The number of nitrogens with zero attached hydrogens (tertiary/aromatic N) is 1. The first-order chi connectivity index (χ1) is 14.6. The number of hydrogen-bond acceptors (Lipinski definition) is 2. The summed E-state index contributed by atoms with van der Waals surface area (Å²) in [4.78, 5) is 30.8. The Morgan fingerprint density at radius 2 is 1.97 bits per heavy atom. The van der Waals surface area contributed by atoms with Gasteiger partial charge < -0.3 is 15.2 Å². The van der Waals surface area contributed by atoms with E-state index in [0.717, 1.165) is 31.1 Å². The first-order valence-corrected chi connectivity index (χ1v) is 10.5. The van der Waals surface area contributed by atoms with Gasteiger partial charge in [-0.1, -0.05) is 30.3 Å². The summed E-state index contributed by atoms with van der Waals surface area (Å²) < 4.78 is 13.6. The number of nitrogens with one attached hydrogen (secondary N) is 2. The molecule has 0 unspecified atom stereocenters. The van der Waals surface area contributed by atoms with E-state index < -0.39 is 0 Å². The molecule has 5 nitrogen and oxygen atoms in total. The molecular weight excluding hydrogens is 381 g/mol. The first-order valence-electron chi connectivity index (χ1n) is 10.5. The van der Waals surface area contributed by atoms with Crippen molar-refractivity contribution in [3.8, 4) is 0 Å². The van der Waals surface area contributed by atoms with Gasteiger partial charge in [0.05, 0.1) is 12.1 Å². The predicted octanol–water partition coefficient (Wildman–Crippen LogP) is 3.80. The lowest BCUT2D eigenvalue weighted by atomic mass is 10.0. The van der Waals surface area contributed by atoms with Crippen LogP contribution in [-0.2, 0) is 11.2 Å². The Hall–Kier alpha value is -3.15. The van der Waals surface area contributed by atoms with E-state index in [4.69, 9.17) is 0 Å². The number of carbonyl (C=O) groups excluding carboxylic acids is 2. The molecule has 5 rings (SSSR count). The van der Waals surface area contributed by atoms with Crippen LogP contribution in [-0.4, -0.2) is 39.8 Å². The molecule has 0 aliphatic carbocycles. The minimum Gasteiger partial charge on any atom is -0.351 e. The van der Waals surface area contributed by atoms with Crippen molar-refractivity contribution in [2.75, 3.05) is 0 Å². The average molecular weight is 405 g/mol. The SMILES string of the molecule is O=C1CCC[C@@H]2[C@H](C[C@H](Cc3ccccc3)N2C(=O)c2cc3ccc(F)cc3[nH]2)N1. The largest absolute Gasteiger partial charge is 0.351 e. The second-order valence-electron chi connectivity index (χ2n) is 8.34. The van der Waals surface area contributed by atoms with Crippen LogP contribution in [0.5, 0.6) is 0 Å². The van der Waals surface area contributed by atoms with Crippen LogP contribution in [0.15, 0.2) is 54.6 Å². The van der Waals surface area contributed by atoms with Gasteiger partial charge in [-0.2, -0.15) is 0 Å². The van der Waals surface area contributed by atoms with Crippen LogP contribution in [0.25, 0.3) is 10.9 Å². The number of halogens is 1. The fourth-order valence-corrected chi connectivity index (χ4v) is 5.01. The topological polar surface area (TPSA) is 65.2 Å². The number of aromatic amines is 1. The van der Waals surface area contributed by atoms with Crippen LogP contribution in [0.4, 0.5) is 4.39 Å². The van der Waals surface area contributed by atoms with Crippen molar-refractivity contribution in [3.63, 3.8) is 0 Å². The highest BCUT2D eigenvalue weighted by molar-refractivity contribution is 5.98. The molecule has 2 aliphatic rings. The maximum Gasteiger partial charge on any atom is 0.270 e. The zero-order valence-corrected chi connectivity index (χ0v) is 16.6. The van der Waals surface area contributed by atoms with Gasteiger partial charge in [0.1, 0.15) is 11.5 Å². The highest BCUT2D eigenvalue weighted by Crippen LogP contribution is 2.34. The molecule has 30 heavy (non-hydrogen) atoms. The number of hydrogen-bond donors (Lipinski definition) is 2. The molecule has 3 aromatic rings. The van der Waals surface area contributed by atoms with E-state index in [2.05, 4.69) is 22.4 Å². The minimum absolute atomic E-state index is 0.00329. The van der Waals surface area contributed by atoms with E-state index >= 15 is 0 Å². The summed E-state index contributed by atoms with van der Waals surface area (Å²) in [6.07, 6.45) is 3.56. The van der Waals surface area contributed by atoms with Gasteiger partial charge in [0.2, 0.25) is 5.91 Å². The molecule has 2 saturated heterocycles. The molecule has 0 bridgehead atoms. The van der Waals surface area contributed by atoms with Crippen molar-refractivity contribution in [2.45, 2.75) is 50.2 Å². The Balaban J connectivity index is 1.49. The molecule has 2 amide bonds. The number of amides is 2. The Morgan fingerprint density at radius 1 is 1.13 bits per heavy atom. The number of likely N-dealkylation sites (tertiary alicyclic amines) is 1. The standard InChI is InChI=1S/C24H24FN3O2/c25-17-10-9-16-12-21(26-19(16)13-17)24(30)28-18(11-15-5-2-1-3-6-15)14-20-22(28)7-4-8-23(29)27-20/h1-3,5-6,9-10,12-13,18,20,22,26H,4,7-8,11,14H2,(H,27,29)/t18-,20-,22+/m0/s1. The monoisotopic (exact) mass is 405 g/mol. The number of fused-ring (bicyclic) bond motifs is 2. The maximum atomic E-state index is 13.6. The normalized spacial score (nSPS) is 23.8. The predicted molar refractivity (Wildman–Crippen MR) is 113 cm³/mol. The quantitative estimate of drug-likeness (QED) is 0.696. The minimum atomic E-state index is -0.335. The molecule has 3 atom stereocenters. The molecule has 0 radical (unpaired) electrons. The Labute approximate surface area is 174 Å². The average Bonchev–Trinajstić information content (AvgIpc) is 3.24. The lowest BCUT2D eigenvalue weighted by molar-refractivity contribution is -0.121. The first kappa shape index (κ1) is 18.9. The highest BCUT2D eigenvalue weighted by Gasteiger charge is 2.45. The van der Waals surface area contributed by atoms with E-state index in [9.17, 15) is 14.0 Å². The molecule has 0 saturated carbocycles. The summed E-state index contributed by atoms with van der Waals surface area (Å²) in [6.45, 7) is 0. The number of H-pyrrole nitrogens is 1. The molecule has 0 spiro atoms. The summed E-state index contributed by atoms with van der Waals surface area (Å²) in [6, 6.07) is 16.3. The van der Waals surface area contributed by atoms with Crippen molar-refractivity contribution < 1.29 is 14.0 Å². The van der Waals surface area contributed by atoms with E-state index in [0.29, 0.717) is 17.6 Å². The lowest BCUT2D eigenvalue weighted by Gasteiger charge is -2.31. The van der Waals surface area contributed by atoms with Crippen LogP contribution < -0.4 is 5.32 Å². The van der Waals surface area contributed by atoms with Crippen molar-refractivity contribution in [1.29, 1.82) is 0 Å². The maximum absolute atomic E-state index is 13.6. The summed E-state index contributed by atoms with van der Waals surface area (Å²) in [5, 5.41) is 3.94. The van der Waals surface area contributed by atoms with Gasteiger partial charge >= 0.3 is 0 Å². The third-order valence-corrected chi connectivity index (χ3v) is 6.35. The fourth-order valence-electron chi connectivity index (χ4n) is 5.01. The number of carbonyl (C=O) groups is 2. The smallest absolute Gasteiger partial charge is 0.270 e. The van der Waals surface area contributed by atoms with Gasteiger partial charge in [-0.3, -0.25) is 9.59 Å². The molecule has 2 aromatic carbocycles. The van der Waals surface area contributed by atoms with Crippen molar-refractivity contribution >= 4 is 22.7 Å². The number of benzene rings is 2. The second-order valence-corrected chi connectivity index (χ2v) is 8.34. The molecule has 2 N–H and O–H groups in total. The molecule has 1 aromatic heterocycles. The highest BCUT2D eigenvalue weighted by atomic mass is 19.1. The van der Waals surface area contributed by atoms with Crippen LogP contribution >= 0.6 is 0 Å². The summed E-state index contributed by atoms with van der Waals surface area (Å²) in [5.74, 6) is -0.356. The van der Waals surface area contributed by atoms with Crippen LogP contribution in [0.3, 0.4) is 0 Å². The van der Waals surface area contributed by atoms with E-state index in [-0.39, 0.29) is 35.8 Å². The van der Waals surface area contributed by atoms with Crippen LogP contribution in [0, 0.1) is 5.82 Å². The third-order valence-electron chi connectivity index (χ3n) is 6.35. The lowest BCUT2D eigenvalue weighted by Crippen LogP contribution is -2.46. The zero-order valence-electron chi connectivity index (χ0n) is 16.6. The summed E-state index contributed by atoms with van der Waals surface area (Å²) in [5.41, 5.74) is 2.24. The van der Waals surface area contributed by atoms with E-state index in [1.54, 1.807) is 12.1 Å². The molecule has 6 heteroatoms. The Kier molecular flexibility index (Phi) is 4.77. The van der Waals surface area contributed by atoms with Crippen molar-refractivity contribution in [1.82, 2.24) is 15.2 Å². The Bertz CT molecular complexity index is 1090. The van der Waals surface area contributed by atoms with Gasteiger partial charge in [0.25, 0.3) is 5.91 Å². The van der Waals surface area contributed by atoms with Gasteiger partial charge in [0.15, 0.2) is 0 Å². The number of aromatic nitrogens is 1. The molecule has 2 fully saturated rings. The van der Waals surface area contributed by atoms with Crippen molar-refractivity contribution in [3.05, 3.63) is 71.7 Å². The fraction of sp³-hybridized carbons (Fsp3) is 0.333. The van der Waals surface area contributed by atoms with Gasteiger partial charge in [-0.05, 0) is 55.5 Å².